The van der Waals surface area contributed by atoms with Crippen LogP contribution in [0, 0.1) is 0 Å². The molecule has 0 saturated carbocycles. The van der Waals surface area contributed by atoms with E-state index in [-0.39, 0.29) is 18.5 Å². The third-order valence-corrected chi connectivity index (χ3v) is 3.28. The predicted molar refractivity (Wildman–Crippen MR) is 79.2 cm³/mol. The number of aliphatic hydroxyl groups excluding tert-OH is 1. The van der Waals surface area contributed by atoms with Crippen molar-refractivity contribution in [3.8, 4) is 0 Å². The van der Waals surface area contributed by atoms with Crippen molar-refractivity contribution in [2.24, 2.45) is 0 Å². The predicted octanol–water partition coefficient (Wildman–Crippen LogP) is 0.803. The monoisotopic (exact) mass is 294 g/mol. The van der Waals surface area contributed by atoms with Crippen LogP contribution in [0.5, 0.6) is 0 Å². The summed E-state index contributed by atoms with van der Waals surface area (Å²) in [5.41, 5.74) is 0. The fourth-order valence-corrected chi connectivity index (χ4v) is 2.28. The van der Waals surface area contributed by atoms with Gasteiger partial charge in [-0.15, -0.1) is 0 Å². The summed E-state index contributed by atoms with van der Waals surface area (Å²) in [6, 6.07) is 1.83. The molecule has 2 N–H and O–H groups in total. The summed E-state index contributed by atoms with van der Waals surface area (Å²) in [5, 5.41) is 12.7. The summed E-state index contributed by atoms with van der Waals surface area (Å²) in [6.07, 6.45) is 3.46. The van der Waals surface area contributed by atoms with Gasteiger partial charge in [0.2, 0.25) is 5.95 Å². The van der Waals surface area contributed by atoms with Crippen molar-refractivity contribution in [1.82, 2.24) is 9.97 Å². The zero-order chi connectivity index (χ0) is 15.1. The molecule has 1 aromatic rings. The van der Waals surface area contributed by atoms with E-state index in [0.717, 1.165) is 25.2 Å². The Labute approximate surface area is 124 Å². The van der Waals surface area contributed by atoms with Crippen molar-refractivity contribution in [2.45, 2.75) is 32.3 Å². The molecule has 0 aliphatic carbocycles. The number of ether oxygens (including phenoxy) is 1. The van der Waals surface area contributed by atoms with E-state index in [0.29, 0.717) is 25.6 Å². The number of piperidine rings is 1. The Morgan fingerprint density at radius 2 is 2.48 bits per heavy atom. The van der Waals surface area contributed by atoms with Gasteiger partial charge in [0, 0.05) is 25.8 Å². The van der Waals surface area contributed by atoms with Crippen molar-refractivity contribution in [1.29, 1.82) is 0 Å². The van der Waals surface area contributed by atoms with Gasteiger partial charge in [-0.3, -0.25) is 4.79 Å². The molecule has 7 heteroatoms. The standard InChI is InChI=1S/C14H22N4O3/c1-2-21-13(20)6-8-16-14-15-7-5-12(17-14)18-9-3-4-11(19)10-18/h5,7,11,19H,2-4,6,8-10H2,1H3,(H,15,16,17)/t11-/m0/s1. The molecule has 0 aromatic carbocycles. The van der Waals surface area contributed by atoms with E-state index in [1.165, 1.54) is 0 Å². The first-order valence-corrected chi connectivity index (χ1v) is 7.34. The van der Waals surface area contributed by atoms with Gasteiger partial charge >= 0.3 is 5.97 Å². The fourth-order valence-electron chi connectivity index (χ4n) is 2.28. The number of carbonyl (C=O) groups is 1. The normalized spacial score (nSPS) is 18.4. The van der Waals surface area contributed by atoms with Gasteiger partial charge in [-0.25, -0.2) is 4.98 Å². The molecule has 1 aliphatic rings. The van der Waals surface area contributed by atoms with Crippen molar-refractivity contribution >= 4 is 17.7 Å². The van der Waals surface area contributed by atoms with Gasteiger partial charge in [-0.05, 0) is 25.8 Å². The van der Waals surface area contributed by atoms with Gasteiger partial charge < -0.3 is 20.1 Å². The van der Waals surface area contributed by atoms with Crippen molar-refractivity contribution < 1.29 is 14.6 Å². The lowest BCUT2D eigenvalue weighted by molar-refractivity contribution is -0.142. The van der Waals surface area contributed by atoms with Crippen LogP contribution in [-0.2, 0) is 9.53 Å². The van der Waals surface area contributed by atoms with Crippen LogP contribution in [0.3, 0.4) is 0 Å². The number of aromatic nitrogens is 2. The highest BCUT2D eigenvalue weighted by Crippen LogP contribution is 2.18. The van der Waals surface area contributed by atoms with Crippen LogP contribution in [0.15, 0.2) is 12.3 Å². The molecule has 0 spiro atoms. The highest BCUT2D eigenvalue weighted by atomic mass is 16.5. The van der Waals surface area contributed by atoms with E-state index in [9.17, 15) is 9.90 Å². The summed E-state index contributed by atoms with van der Waals surface area (Å²) in [7, 11) is 0. The number of esters is 1. The van der Waals surface area contributed by atoms with E-state index in [2.05, 4.69) is 15.3 Å². The van der Waals surface area contributed by atoms with Gasteiger partial charge in [0.25, 0.3) is 0 Å². The minimum absolute atomic E-state index is 0.236. The Bertz CT molecular complexity index is 469. The van der Waals surface area contributed by atoms with E-state index in [1.54, 1.807) is 13.1 Å². The van der Waals surface area contributed by atoms with Crippen LogP contribution in [0.2, 0.25) is 0 Å². The molecule has 0 radical (unpaired) electrons. The molecule has 0 bridgehead atoms. The van der Waals surface area contributed by atoms with Crippen molar-refractivity contribution in [3.05, 3.63) is 12.3 Å². The maximum absolute atomic E-state index is 11.2. The average Bonchev–Trinajstić information content (AvgIpc) is 2.48. The Kier molecular flexibility index (Phi) is 5.74. The van der Waals surface area contributed by atoms with Gasteiger partial charge in [-0.1, -0.05) is 0 Å². The number of nitrogens with one attached hydrogen (secondary N) is 1. The molecule has 116 valence electrons. The minimum Gasteiger partial charge on any atom is -0.466 e. The Morgan fingerprint density at radius 3 is 3.24 bits per heavy atom. The van der Waals surface area contributed by atoms with Crippen LogP contribution in [0.25, 0.3) is 0 Å². The van der Waals surface area contributed by atoms with E-state index >= 15 is 0 Å². The van der Waals surface area contributed by atoms with Crippen LogP contribution < -0.4 is 10.2 Å². The molecule has 0 unspecified atom stereocenters. The zero-order valence-corrected chi connectivity index (χ0v) is 12.3. The Hall–Kier alpha value is -1.89. The Balaban J connectivity index is 1.87. The second kappa shape index (κ2) is 7.78. The van der Waals surface area contributed by atoms with Gasteiger partial charge in [-0.2, -0.15) is 4.98 Å². The molecular weight excluding hydrogens is 272 g/mol. The second-order valence-electron chi connectivity index (χ2n) is 4.96. The first kappa shape index (κ1) is 15.5. The minimum atomic E-state index is -0.297. The highest BCUT2D eigenvalue weighted by molar-refractivity contribution is 5.69. The maximum atomic E-state index is 11.2. The van der Waals surface area contributed by atoms with Crippen molar-refractivity contribution in [3.63, 3.8) is 0 Å². The van der Waals surface area contributed by atoms with E-state index in [1.807, 2.05) is 11.0 Å². The molecule has 1 saturated heterocycles. The van der Waals surface area contributed by atoms with Crippen LogP contribution in [0.1, 0.15) is 26.2 Å². The number of carbonyl (C=O) groups excluding carboxylic acids is 1. The smallest absolute Gasteiger partial charge is 0.307 e. The molecule has 2 heterocycles. The summed E-state index contributed by atoms with van der Waals surface area (Å²) in [6.45, 7) is 4.09. The molecule has 1 fully saturated rings. The largest absolute Gasteiger partial charge is 0.466 e. The fraction of sp³-hybridized carbons (Fsp3) is 0.643. The molecule has 1 aliphatic heterocycles. The molecule has 1 atom stereocenters. The van der Waals surface area contributed by atoms with Crippen LogP contribution >= 0.6 is 0 Å². The first-order chi connectivity index (χ1) is 10.2. The number of hydrogen-bond acceptors (Lipinski definition) is 7. The maximum Gasteiger partial charge on any atom is 0.307 e. The number of nitrogens with zero attached hydrogens (tertiary/aromatic N) is 3. The third kappa shape index (κ3) is 4.86. The number of aliphatic hydroxyl groups is 1. The average molecular weight is 294 g/mol. The first-order valence-electron chi connectivity index (χ1n) is 7.34. The number of hydrogen-bond donors (Lipinski definition) is 2. The van der Waals surface area contributed by atoms with Gasteiger partial charge in [0.15, 0.2) is 0 Å². The highest BCUT2D eigenvalue weighted by Gasteiger charge is 2.19. The van der Waals surface area contributed by atoms with Crippen molar-refractivity contribution in [2.75, 3.05) is 36.5 Å². The van der Waals surface area contributed by atoms with E-state index < -0.39 is 0 Å². The number of anilines is 2. The summed E-state index contributed by atoms with van der Waals surface area (Å²) < 4.78 is 4.85. The SMILES string of the molecule is CCOC(=O)CCNc1nccc(N2CCC[C@H](O)C2)n1. The molecule has 7 nitrogen and oxygen atoms in total. The summed E-state index contributed by atoms with van der Waals surface area (Å²) >= 11 is 0. The topological polar surface area (TPSA) is 87.6 Å². The quantitative estimate of drug-likeness (QED) is 0.750. The lowest BCUT2D eigenvalue weighted by atomic mass is 10.1. The summed E-state index contributed by atoms with van der Waals surface area (Å²) in [5.74, 6) is 1.04. The summed E-state index contributed by atoms with van der Waals surface area (Å²) in [4.78, 5) is 21.8. The van der Waals surface area contributed by atoms with Crippen LogP contribution in [-0.4, -0.2) is 53.4 Å². The molecule has 2 rings (SSSR count). The molecular formula is C14H22N4O3. The third-order valence-electron chi connectivity index (χ3n) is 3.28. The lowest BCUT2D eigenvalue weighted by Gasteiger charge is -2.31. The second-order valence-corrected chi connectivity index (χ2v) is 4.96. The molecule has 21 heavy (non-hydrogen) atoms. The molecule has 1 aromatic heterocycles. The lowest BCUT2D eigenvalue weighted by Crippen LogP contribution is -2.38. The van der Waals surface area contributed by atoms with Gasteiger partial charge in [0.1, 0.15) is 5.82 Å². The van der Waals surface area contributed by atoms with E-state index in [4.69, 9.17) is 4.74 Å². The number of β-amino-alcohol motifs (C(OH)–C–C–N with tert-alkyl or cyclic N) is 1. The zero-order valence-electron chi connectivity index (χ0n) is 12.3. The number of rotatable bonds is 6. The molecule has 0 amide bonds. The van der Waals surface area contributed by atoms with Gasteiger partial charge in [0.05, 0.1) is 19.1 Å². The van der Waals surface area contributed by atoms with Crippen LogP contribution in [0.4, 0.5) is 11.8 Å². The Morgan fingerprint density at radius 1 is 1.62 bits per heavy atom.